The molecule has 4 nitrogen and oxygen atoms in total. The fourth-order valence-corrected chi connectivity index (χ4v) is 2.51. The second-order valence-corrected chi connectivity index (χ2v) is 5.09. The van der Waals surface area contributed by atoms with E-state index in [4.69, 9.17) is 9.15 Å². The van der Waals surface area contributed by atoms with Crippen molar-refractivity contribution >= 4 is 5.69 Å². The van der Waals surface area contributed by atoms with Crippen LogP contribution in [0.5, 0.6) is 5.75 Å². The Bertz CT molecular complexity index is 548. The highest BCUT2D eigenvalue weighted by Gasteiger charge is 2.10. The van der Waals surface area contributed by atoms with Crippen LogP contribution in [0, 0.1) is 0 Å². The largest absolute Gasteiger partial charge is 0.492 e. The van der Waals surface area contributed by atoms with Crippen LogP contribution >= 0.6 is 0 Å². The molecule has 1 aromatic carbocycles. The van der Waals surface area contributed by atoms with Gasteiger partial charge in [-0.15, -0.1) is 0 Å². The summed E-state index contributed by atoms with van der Waals surface area (Å²) in [6, 6.07) is 10.3. The first-order valence-corrected chi connectivity index (χ1v) is 8.02. The Morgan fingerprint density at radius 3 is 2.55 bits per heavy atom. The maximum atomic E-state index is 5.83. The zero-order valence-corrected chi connectivity index (χ0v) is 13.8. The smallest absolute Gasteiger partial charge is 0.142 e. The van der Waals surface area contributed by atoms with Crippen LogP contribution in [0.4, 0.5) is 5.69 Å². The fraction of sp³-hybridized carbons (Fsp3) is 0.444. The lowest BCUT2D eigenvalue weighted by molar-refractivity contribution is 0.340. The highest BCUT2D eigenvalue weighted by Crippen LogP contribution is 2.29. The Morgan fingerprint density at radius 1 is 1.09 bits per heavy atom. The molecule has 0 spiro atoms. The van der Waals surface area contributed by atoms with E-state index in [-0.39, 0.29) is 0 Å². The molecule has 0 aliphatic rings. The molecule has 0 aliphatic heterocycles. The van der Waals surface area contributed by atoms with Crippen molar-refractivity contribution < 1.29 is 9.15 Å². The van der Waals surface area contributed by atoms with Crippen molar-refractivity contribution in [2.45, 2.75) is 33.9 Å². The van der Waals surface area contributed by atoms with E-state index in [1.54, 1.807) is 6.26 Å². The van der Waals surface area contributed by atoms with Crippen molar-refractivity contribution in [2.24, 2.45) is 0 Å². The molecular weight excluding hydrogens is 276 g/mol. The minimum Gasteiger partial charge on any atom is -0.492 e. The molecule has 0 saturated carbocycles. The Hall–Kier alpha value is -1.94. The number of benzene rings is 1. The molecule has 1 heterocycles. The van der Waals surface area contributed by atoms with Gasteiger partial charge in [0.2, 0.25) is 0 Å². The molecular formula is C18H26N2O2. The van der Waals surface area contributed by atoms with Crippen LogP contribution < -0.4 is 15.0 Å². The first-order chi connectivity index (χ1) is 10.8. The third kappa shape index (κ3) is 4.28. The van der Waals surface area contributed by atoms with E-state index >= 15 is 0 Å². The lowest BCUT2D eigenvalue weighted by Crippen LogP contribution is -2.22. The molecule has 22 heavy (non-hydrogen) atoms. The van der Waals surface area contributed by atoms with Crippen LogP contribution in [-0.2, 0) is 13.1 Å². The summed E-state index contributed by atoms with van der Waals surface area (Å²) < 4.78 is 11.1. The molecule has 0 atom stereocenters. The summed E-state index contributed by atoms with van der Waals surface area (Å²) in [5.74, 6) is 1.91. The second-order valence-electron chi connectivity index (χ2n) is 5.09. The normalized spacial score (nSPS) is 10.7. The molecule has 0 fully saturated rings. The van der Waals surface area contributed by atoms with E-state index in [0.717, 1.165) is 37.7 Å². The summed E-state index contributed by atoms with van der Waals surface area (Å²) in [6.07, 6.45) is 1.70. The number of hydrogen-bond acceptors (Lipinski definition) is 4. The predicted molar refractivity (Wildman–Crippen MR) is 90.4 cm³/mol. The van der Waals surface area contributed by atoms with Gasteiger partial charge < -0.3 is 19.4 Å². The second kappa shape index (κ2) is 8.49. The maximum Gasteiger partial charge on any atom is 0.142 e. The third-order valence-corrected chi connectivity index (χ3v) is 3.64. The van der Waals surface area contributed by atoms with Gasteiger partial charge in [-0.3, -0.25) is 0 Å². The average molecular weight is 302 g/mol. The number of anilines is 1. The Labute approximate surface area is 133 Å². The topological polar surface area (TPSA) is 37.6 Å². The number of hydrogen-bond donors (Lipinski definition) is 1. The predicted octanol–water partition coefficient (Wildman–Crippen LogP) is 3.81. The molecule has 120 valence electrons. The quantitative estimate of drug-likeness (QED) is 0.764. The van der Waals surface area contributed by atoms with Crippen LogP contribution in [-0.4, -0.2) is 19.7 Å². The number of nitrogens with one attached hydrogen (secondary N) is 1. The van der Waals surface area contributed by atoms with Crippen molar-refractivity contribution in [1.82, 2.24) is 5.32 Å². The van der Waals surface area contributed by atoms with Gasteiger partial charge in [0.05, 0.1) is 25.1 Å². The molecule has 0 amide bonds. The highest BCUT2D eigenvalue weighted by molar-refractivity contribution is 5.59. The van der Waals surface area contributed by atoms with Crippen LogP contribution in [0.2, 0.25) is 0 Å². The van der Waals surface area contributed by atoms with E-state index < -0.39 is 0 Å². The van der Waals surface area contributed by atoms with Crippen molar-refractivity contribution in [1.29, 1.82) is 0 Å². The van der Waals surface area contributed by atoms with Crippen molar-refractivity contribution in [3.05, 3.63) is 47.9 Å². The molecule has 2 rings (SSSR count). The lowest BCUT2D eigenvalue weighted by atomic mass is 10.1. The monoisotopic (exact) mass is 302 g/mol. The zero-order valence-electron chi connectivity index (χ0n) is 13.8. The van der Waals surface area contributed by atoms with Gasteiger partial charge in [0.15, 0.2) is 0 Å². The van der Waals surface area contributed by atoms with Crippen LogP contribution in [0.15, 0.2) is 41.0 Å². The zero-order chi connectivity index (χ0) is 15.8. The molecule has 2 aromatic rings. The van der Waals surface area contributed by atoms with E-state index in [1.807, 2.05) is 19.1 Å². The number of ether oxygens (including phenoxy) is 1. The van der Waals surface area contributed by atoms with Crippen LogP contribution in [0.3, 0.4) is 0 Å². The summed E-state index contributed by atoms with van der Waals surface area (Å²) in [6.45, 7) is 10.5. The van der Waals surface area contributed by atoms with Gasteiger partial charge in [-0.25, -0.2) is 0 Å². The van der Waals surface area contributed by atoms with Gasteiger partial charge >= 0.3 is 0 Å². The highest BCUT2D eigenvalue weighted by atomic mass is 16.5. The maximum absolute atomic E-state index is 5.83. The molecule has 0 unspecified atom stereocenters. The third-order valence-electron chi connectivity index (χ3n) is 3.64. The van der Waals surface area contributed by atoms with E-state index in [2.05, 4.69) is 42.3 Å². The summed E-state index contributed by atoms with van der Waals surface area (Å²) in [5.41, 5.74) is 2.38. The number of rotatable bonds is 9. The minimum atomic E-state index is 0.678. The van der Waals surface area contributed by atoms with Gasteiger partial charge in [0.25, 0.3) is 0 Å². The molecule has 0 bridgehead atoms. The standard InChI is InChI=1S/C18H26N2O2/c1-4-20(5-2)17-10-9-15(12-18(17)21-6-3)13-19-14-16-8-7-11-22-16/h7-12,19H,4-6,13-14H2,1-3H3. The lowest BCUT2D eigenvalue weighted by Gasteiger charge is -2.24. The van der Waals surface area contributed by atoms with Crippen LogP contribution in [0.1, 0.15) is 32.1 Å². The van der Waals surface area contributed by atoms with E-state index in [9.17, 15) is 0 Å². The Morgan fingerprint density at radius 2 is 1.91 bits per heavy atom. The Kier molecular flexibility index (Phi) is 6.34. The fourth-order valence-electron chi connectivity index (χ4n) is 2.51. The molecule has 1 aromatic heterocycles. The van der Waals surface area contributed by atoms with Gasteiger partial charge in [-0.1, -0.05) is 6.07 Å². The molecule has 0 saturated heterocycles. The van der Waals surface area contributed by atoms with Crippen molar-refractivity contribution in [3.8, 4) is 5.75 Å². The van der Waals surface area contributed by atoms with Gasteiger partial charge in [0.1, 0.15) is 11.5 Å². The van der Waals surface area contributed by atoms with Crippen molar-refractivity contribution in [3.63, 3.8) is 0 Å². The van der Waals surface area contributed by atoms with Gasteiger partial charge in [-0.2, -0.15) is 0 Å². The number of furan rings is 1. The first kappa shape index (κ1) is 16.4. The van der Waals surface area contributed by atoms with Gasteiger partial charge in [0, 0.05) is 19.6 Å². The number of nitrogens with zero attached hydrogens (tertiary/aromatic N) is 1. The molecule has 1 N–H and O–H groups in total. The minimum absolute atomic E-state index is 0.678. The summed E-state index contributed by atoms with van der Waals surface area (Å²) in [7, 11) is 0. The van der Waals surface area contributed by atoms with E-state index in [1.165, 1.54) is 11.3 Å². The van der Waals surface area contributed by atoms with Crippen LogP contribution in [0.25, 0.3) is 0 Å². The molecule has 0 aliphatic carbocycles. The summed E-state index contributed by atoms with van der Waals surface area (Å²) in [4.78, 5) is 2.31. The Balaban J connectivity index is 2.04. The SMILES string of the molecule is CCOc1cc(CNCc2ccco2)ccc1N(CC)CC. The van der Waals surface area contributed by atoms with Gasteiger partial charge in [-0.05, 0) is 50.6 Å². The first-order valence-electron chi connectivity index (χ1n) is 8.02. The summed E-state index contributed by atoms with van der Waals surface area (Å²) in [5, 5.41) is 3.39. The molecule has 0 radical (unpaired) electrons. The summed E-state index contributed by atoms with van der Waals surface area (Å²) >= 11 is 0. The average Bonchev–Trinajstić information content (AvgIpc) is 3.04. The molecule has 4 heteroatoms. The van der Waals surface area contributed by atoms with Crippen molar-refractivity contribution in [2.75, 3.05) is 24.6 Å². The van der Waals surface area contributed by atoms with E-state index in [0.29, 0.717) is 6.61 Å².